The summed E-state index contributed by atoms with van der Waals surface area (Å²) in [7, 11) is -2.94. The Kier molecular flexibility index (Phi) is 3.66. The molecule has 3 N–H and O–H groups in total. The van der Waals surface area contributed by atoms with Gasteiger partial charge in [-0.15, -0.1) is 0 Å². The molecule has 1 heterocycles. The monoisotopic (exact) mass is 285 g/mol. The Labute approximate surface area is 111 Å². The van der Waals surface area contributed by atoms with E-state index in [2.05, 4.69) is 5.32 Å². The van der Waals surface area contributed by atoms with E-state index in [9.17, 15) is 18.3 Å². The third kappa shape index (κ3) is 3.37. The number of aromatic hydroxyl groups is 2. The highest BCUT2D eigenvalue weighted by Gasteiger charge is 2.28. The number of hydrogen-bond donors (Lipinski definition) is 3. The molecule has 1 amide bonds. The Bertz CT molecular complexity index is 596. The lowest BCUT2D eigenvalue weighted by atomic mass is 10.1. The second kappa shape index (κ2) is 5.08. The number of phenols is 2. The second-order valence-corrected chi connectivity index (χ2v) is 6.91. The van der Waals surface area contributed by atoms with Gasteiger partial charge in [0.25, 0.3) is 5.91 Å². The van der Waals surface area contributed by atoms with E-state index in [1.54, 1.807) is 0 Å². The predicted octanol–water partition coefficient (Wildman–Crippen LogP) is 0.262. The van der Waals surface area contributed by atoms with Crippen molar-refractivity contribution in [2.75, 3.05) is 18.1 Å². The van der Waals surface area contributed by atoms with Crippen LogP contribution in [0.5, 0.6) is 11.5 Å². The van der Waals surface area contributed by atoms with Crippen molar-refractivity contribution in [3.63, 3.8) is 0 Å². The molecule has 1 aliphatic rings. The van der Waals surface area contributed by atoms with Crippen molar-refractivity contribution in [3.8, 4) is 11.5 Å². The molecule has 0 spiro atoms. The maximum atomic E-state index is 11.8. The average molecular weight is 285 g/mol. The summed E-state index contributed by atoms with van der Waals surface area (Å²) in [4.78, 5) is 11.8. The molecular formula is C12H15NO5S. The van der Waals surface area contributed by atoms with Crippen molar-refractivity contribution < 1.29 is 23.4 Å². The Morgan fingerprint density at radius 3 is 2.63 bits per heavy atom. The summed E-state index contributed by atoms with van der Waals surface area (Å²) < 4.78 is 22.5. The molecule has 104 valence electrons. The molecule has 0 radical (unpaired) electrons. The molecule has 0 bridgehead atoms. The molecule has 1 aromatic rings. The Hall–Kier alpha value is -1.76. The van der Waals surface area contributed by atoms with Gasteiger partial charge in [-0.3, -0.25) is 4.79 Å². The van der Waals surface area contributed by atoms with Gasteiger partial charge in [0.15, 0.2) is 21.3 Å². The summed E-state index contributed by atoms with van der Waals surface area (Å²) in [6, 6.07) is 3.77. The highest BCUT2D eigenvalue weighted by molar-refractivity contribution is 7.91. The quantitative estimate of drug-likeness (QED) is 0.691. The van der Waals surface area contributed by atoms with E-state index in [0.29, 0.717) is 13.0 Å². The maximum absolute atomic E-state index is 11.8. The molecule has 2 rings (SSSR count). The number of phenolic OH excluding ortho intramolecular Hbond substituents is 2. The second-order valence-electron chi connectivity index (χ2n) is 4.68. The van der Waals surface area contributed by atoms with Crippen molar-refractivity contribution in [1.29, 1.82) is 0 Å². The summed E-state index contributed by atoms with van der Waals surface area (Å²) in [5.74, 6) is -0.837. The fourth-order valence-electron chi connectivity index (χ4n) is 2.04. The highest BCUT2D eigenvalue weighted by Crippen LogP contribution is 2.25. The lowest BCUT2D eigenvalue weighted by molar-refractivity contribution is 0.0948. The van der Waals surface area contributed by atoms with Gasteiger partial charge >= 0.3 is 0 Å². The van der Waals surface area contributed by atoms with Gasteiger partial charge in [0.05, 0.1) is 11.5 Å². The Morgan fingerprint density at radius 2 is 2.05 bits per heavy atom. The van der Waals surface area contributed by atoms with Crippen LogP contribution in [0.1, 0.15) is 16.8 Å². The summed E-state index contributed by atoms with van der Waals surface area (Å²) >= 11 is 0. The van der Waals surface area contributed by atoms with Crippen molar-refractivity contribution in [3.05, 3.63) is 23.8 Å². The van der Waals surface area contributed by atoms with Crippen molar-refractivity contribution in [2.45, 2.75) is 6.42 Å². The first-order valence-corrected chi connectivity index (χ1v) is 7.70. The van der Waals surface area contributed by atoms with Gasteiger partial charge in [0, 0.05) is 12.1 Å². The first-order valence-electron chi connectivity index (χ1n) is 5.88. The van der Waals surface area contributed by atoms with E-state index in [1.807, 2.05) is 0 Å². The lowest BCUT2D eigenvalue weighted by Crippen LogP contribution is -2.29. The molecule has 0 aliphatic carbocycles. The minimum absolute atomic E-state index is 0.0559. The SMILES string of the molecule is O=C(NCC1CCS(=O)(=O)C1)c1ccc(O)c(O)c1. The molecule has 1 unspecified atom stereocenters. The van der Waals surface area contributed by atoms with Crippen LogP contribution < -0.4 is 5.32 Å². The third-order valence-electron chi connectivity index (χ3n) is 3.12. The highest BCUT2D eigenvalue weighted by atomic mass is 32.2. The number of sulfone groups is 1. The zero-order valence-corrected chi connectivity index (χ0v) is 11.0. The van der Waals surface area contributed by atoms with Crippen LogP contribution in [-0.2, 0) is 9.84 Å². The number of nitrogens with one attached hydrogen (secondary N) is 1. The van der Waals surface area contributed by atoms with E-state index in [1.165, 1.54) is 12.1 Å². The molecule has 0 aromatic heterocycles. The number of carbonyl (C=O) groups excluding carboxylic acids is 1. The molecular weight excluding hydrogens is 270 g/mol. The van der Waals surface area contributed by atoms with Crippen LogP contribution in [-0.4, -0.2) is 42.6 Å². The van der Waals surface area contributed by atoms with Crippen LogP contribution >= 0.6 is 0 Å². The summed E-state index contributed by atoms with van der Waals surface area (Å²) in [6.07, 6.45) is 0.559. The average Bonchev–Trinajstić information content (AvgIpc) is 2.69. The Balaban J connectivity index is 1.93. The molecule has 1 saturated heterocycles. The standard InChI is InChI=1S/C12H15NO5S/c14-10-2-1-9(5-11(10)15)12(16)13-6-8-3-4-19(17,18)7-8/h1-2,5,8,14-15H,3-4,6-7H2,(H,13,16). The first-order chi connectivity index (χ1) is 8.87. The number of amides is 1. The van der Waals surface area contributed by atoms with Gasteiger partial charge in [-0.1, -0.05) is 0 Å². The number of carbonyl (C=O) groups is 1. The van der Waals surface area contributed by atoms with Crippen LogP contribution in [0.4, 0.5) is 0 Å². The van der Waals surface area contributed by atoms with E-state index >= 15 is 0 Å². The van der Waals surface area contributed by atoms with Gasteiger partial charge in [-0.2, -0.15) is 0 Å². The first kappa shape index (κ1) is 13.7. The summed E-state index contributed by atoms with van der Waals surface area (Å²) in [5, 5.41) is 21.1. The minimum atomic E-state index is -2.94. The molecule has 0 saturated carbocycles. The van der Waals surface area contributed by atoms with Crippen molar-refractivity contribution in [2.24, 2.45) is 5.92 Å². The van der Waals surface area contributed by atoms with Crippen LogP contribution in [0.3, 0.4) is 0 Å². The Morgan fingerprint density at radius 1 is 1.32 bits per heavy atom. The number of benzene rings is 1. The zero-order valence-electron chi connectivity index (χ0n) is 10.2. The largest absolute Gasteiger partial charge is 0.504 e. The molecule has 1 fully saturated rings. The maximum Gasteiger partial charge on any atom is 0.251 e. The normalized spacial score (nSPS) is 21.2. The van der Waals surface area contributed by atoms with Crippen molar-refractivity contribution in [1.82, 2.24) is 5.32 Å². The molecule has 1 atom stereocenters. The van der Waals surface area contributed by atoms with Crippen LogP contribution in [0, 0.1) is 5.92 Å². The summed E-state index contributed by atoms with van der Waals surface area (Å²) in [6.45, 7) is 0.291. The third-order valence-corrected chi connectivity index (χ3v) is 4.95. The predicted molar refractivity (Wildman–Crippen MR) is 68.9 cm³/mol. The molecule has 7 heteroatoms. The number of rotatable bonds is 3. The summed E-state index contributed by atoms with van der Waals surface area (Å²) in [5.41, 5.74) is 0.219. The lowest BCUT2D eigenvalue weighted by Gasteiger charge is -2.10. The van der Waals surface area contributed by atoms with Gasteiger partial charge in [0.1, 0.15) is 0 Å². The van der Waals surface area contributed by atoms with E-state index in [-0.39, 0.29) is 34.5 Å². The molecule has 1 aliphatic heterocycles. The van der Waals surface area contributed by atoms with Gasteiger partial charge < -0.3 is 15.5 Å². The van der Waals surface area contributed by atoms with Crippen molar-refractivity contribution >= 4 is 15.7 Å². The minimum Gasteiger partial charge on any atom is -0.504 e. The smallest absolute Gasteiger partial charge is 0.251 e. The van der Waals surface area contributed by atoms with Crippen LogP contribution in [0.2, 0.25) is 0 Å². The fraction of sp³-hybridized carbons (Fsp3) is 0.417. The molecule has 6 nitrogen and oxygen atoms in total. The van der Waals surface area contributed by atoms with E-state index < -0.39 is 15.7 Å². The van der Waals surface area contributed by atoms with Gasteiger partial charge in [-0.05, 0) is 30.5 Å². The van der Waals surface area contributed by atoms with Crippen LogP contribution in [0.25, 0.3) is 0 Å². The topological polar surface area (TPSA) is 104 Å². The molecule has 1 aromatic carbocycles. The van der Waals surface area contributed by atoms with E-state index in [4.69, 9.17) is 5.11 Å². The zero-order chi connectivity index (χ0) is 14.0. The van der Waals surface area contributed by atoms with Gasteiger partial charge in [-0.25, -0.2) is 8.42 Å². The van der Waals surface area contributed by atoms with E-state index in [0.717, 1.165) is 6.07 Å². The fourth-order valence-corrected chi connectivity index (χ4v) is 3.90. The number of hydrogen-bond acceptors (Lipinski definition) is 5. The van der Waals surface area contributed by atoms with Gasteiger partial charge in [0.2, 0.25) is 0 Å². The van der Waals surface area contributed by atoms with Crippen LogP contribution in [0.15, 0.2) is 18.2 Å². The molecule has 19 heavy (non-hydrogen) atoms.